The van der Waals surface area contributed by atoms with E-state index in [2.05, 4.69) is 0 Å². The maximum atomic E-state index is 14.3. The lowest BCUT2D eigenvalue weighted by atomic mass is 10.1. The Labute approximate surface area is 188 Å². The molecule has 2 aromatic carbocycles. The largest absolute Gasteiger partial charge is 0.416 e. The first-order chi connectivity index (χ1) is 14.5. The minimum Gasteiger partial charge on any atom is -0.322 e. The van der Waals surface area contributed by atoms with Crippen LogP contribution in [0.4, 0.5) is 17.6 Å². The number of hydrogen-bond donors (Lipinski definition) is 1. The summed E-state index contributed by atoms with van der Waals surface area (Å²) in [6.45, 7) is 0.574. The monoisotopic (exact) mass is 547 g/mol. The molecule has 31 heavy (non-hydrogen) atoms. The van der Waals surface area contributed by atoms with Crippen molar-refractivity contribution < 1.29 is 17.6 Å². The van der Waals surface area contributed by atoms with Crippen LogP contribution < -0.4 is 17.0 Å². The average Bonchev–Trinajstić information content (AvgIpc) is 2.73. The quantitative estimate of drug-likeness (QED) is 0.390. The molecule has 1 aromatic heterocycles. The second-order valence-electron chi connectivity index (χ2n) is 6.96. The van der Waals surface area contributed by atoms with Gasteiger partial charge in [-0.2, -0.15) is 13.2 Å². The van der Waals surface area contributed by atoms with E-state index in [9.17, 15) is 27.2 Å². The van der Waals surface area contributed by atoms with Gasteiger partial charge in [0.05, 0.1) is 22.2 Å². The van der Waals surface area contributed by atoms with Gasteiger partial charge in [-0.1, -0.05) is 36.4 Å². The van der Waals surface area contributed by atoms with Gasteiger partial charge < -0.3 is 5.73 Å². The summed E-state index contributed by atoms with van der Waals surface area (Å²) in [5.74, 6) is -1.09. The zero-order valence-electron chi connectivity index (χ0n) is 16.3. The van der Waals surface area contributed by atoms with Crippen LogP contribution >= 0.6 is 22.6 Å². The first kappa shape index (κ1) is 23.2. The Balaban J connectivity index is 2.12. The maximum absolute atomic E-state index is 14.3. The average molecular weight is 547 g/mol. The number of halogens is 5. The third-order valence-electron chi connectivity index (χ3n) is 4.96. The van der Waals surface area contributed by atoms with Crippen LogP contribution in [0.3, 0.4) is 0 Å². The third-order valence-corrected chi connectivity index (χ3v) is 6.21. The van der Waals surface area contributed by atoms with E-state index >= 15 is 0 Å². The van der Waals surface area contributed by atoms with Crippen LogP contribution in [0.5, 0.6) is 0 Å². The molecule has 164 valence electrons. The van der Waals surface area contributed by atoms with Crippen molar-refractivity contribution in [2.45, 2.75) is 32.2 Å². The zero-order chi connectivity index (χ0) is 22.9. The van der Waals surface area contributed by atoms with Crippen LogP contribution in [-0.4, -0.2) is 9.13 Å². The van der Waals surface area contributed by atoms with Crippen molar-refractivity contribution >= 4 is 22.6 Å². The minimum absolute atomic E-state index is 0.141. The fourth-order valence-corrected chi connectivity index (χ4v) is 3.84. The van der Waals surface area contributed by atoms with Crippen molar-refractivity contribution in [3.05, 3.63) is 101 Å². The standard InChI is InChI=1S/C21H18F4IN3O2/c1-12-18(26)19(30)29(11-17(27)13-6-3-2-4-7-13)20(31)28(12)10-14-15(21(23,24)25)8-5-9-16(14)22/h2-9,17H,10-11,27H2,1H3/t17-/m0/s1. The molecule has 10 heteroatoms. The molecule has 2 N–H and O–H groups in total. The zero-order valence-corrected chi connectivity index (χ0v) is 18.4. The highest BCUT2D eigenvalue weighted by Gasteiger charge is 2.35. The smallest absolute Gasteiger partial charge is 0.322 e. The molecule has 0 fully saturated rings. The molecule has 0 saturated heterocycles. The van der Waals surface area contributed by atoms with Gasteiger partial charge in [-0.05, 0) is 47.2 Å². The fourth-order valence-electron chi connectivity index (χ4n) is 3.26. The van der Waals surface area contributed by atoms with E-state index in [4.69, 9.17) is 5.73 Å². The second-order valence-corrected chi connectivity index (χ2v) is 8.04. The summed E-state index contributed by atoms with van der Waals surface area (Å²) in [6.07, 6.45) is -4.80. The lowest BCUT2D eigenvalue weighted by molar-refractivity contribution is -0.138. The molecule has 0 aliphatic heterocycles. The maximum Gasteiger partial charge on any atom is 0.416 e. The van der Waals surface area contributed by atoms with Crippen molar-refractivity contribution in [1.82, 2.24) is 9.13 Å². The number of nitrogens with zero attached hydrogens (tertiary/aromatic N) is 2. The van der Waals surface area contributed by atoms with Gasteiger partial charge in [0.1, 0.15) is 5.82 Å². The molecule has 3 rings (SSSR count). The van der Waals surface area contributed by atoms with Crippen molar-refractivity contribution in [1.29, 1.82) is 0 Å². The van der Waals surface area contributed by atoms with E-state index in [-0.39, 0.29) is 15.8 Å². The van der Waals surface area contributed by atoms with E-state index in [1.54, 1.807) is 52.9 Å². The van der Waals surface area contributed by atoms with Crippen molar-refractivity contribution in [3.8, 4) is 0 Å². The highest BCUT2D eigenvalue weighted by Crippen LogP contribution is 2.33. The Hall–Kier alpha value is -2.47. The topological polar surface area (TPSA) is 70.0 Å². The molecule has 0 bridgehead atoms. The molecule has 0 spiro atoms. The molecule has 1 heterocycles. The Morgan fingerprint density at radius 2 is 1.68 bits per heavy atom. The van der Waals surface area contributed by atoms with Gasteiger partial charge in [-0.3, -0.25) is 13.9 Å². The predicted molar refractivity (Wildman–Crippen MR) is 116 cm³/mol. The van der Waals surface area contributed by atoms with Crippen LogP contribution in [0.25, 0.3) is 0 Å². The molecule has 0 unspecified atom stereocenters. The van der Waals surface area contributed by atoms with Crippen molar-refractivity contribution in [2.75, 3.05) is 0 Å². The van der Waals surface area contributed by atoms with Crippen molar-refractivity contribution in [3.63, 3.8) is 0 Å². The highest BCUT2D eigenvalue weighted by atomic mass is 127. The highest BCUT2D eigenvalue weighted by molar-refractivity contribution is 14.1. The Kier molecular flexibility index (Phi) is 6.70. The summed E-state index contributed by atoms with van der Waals surface area (Å²) < 4.78 is 56.5. The van der Waals surface area contributed by atoms with Gasteiger partial charge in [-0.25, -0.2) is 9.18 Å². The Morgan fingerprint density at radius 3 is 2.29 bits per heavy atom. The van der Waals surface area contributed by atoms with E-state index in [0.717, 1.165) is 27.3 Å². The summed E-state index contributed by atoms with van der Waals surface area (Å²) in [6, 6.07) is 10.7. The molecule has 0 aliphatic rings. The molecule has 1 atom stereocenters. The molecule has 0 aliphatic carbocycles. The lowest BCUT2D eigenvalue weighted by Crippen LogP contribution is -2.44. The summed E-state index contributed by atoms with van der Waals surface area (Å²) in [7, 11) is 0. The van der Waals surface area contributed by atoms with Crippen LogP contribution in [0, 0.1) is 16.3 Å². The van der Waals surface area contributed by atoms with Gasteiger partial charge in [-0.15, -0.1) is 0 Å². The molecular weight excluding hydrogens is 529 g/mol. The van der Waals surface area contributed by atoms with Gasteiger partial charge in [0, 0.05) is 17.3 Å². The summed E-state index contributed by atoms with van der Waals surface area (Å²) in [5.41, 5.74) is 3.67. The number of hydrogen-bond acceptors (Lipinski definition) is 3. The van der Waals surface area contributed by atoms with Crippen molar-refractivity contribution in [2.24, 2.45) is 5.73 Å². The van der Waals surface area contributed by atoms with E-state index in [0.29, 0.717) is 5.56 Å². The van der Waals surface area contributed by atoms with Crippen LogP contribution in [0.15, 0.2) is 58.1 Å². The normalized spacial score (nSPS) is 12.7. The summed E-state index contributed by atoms with van der Waals surface area (Å²) in [5, 5.41) is 0. The molecule has 0 radical (unpaired) electrons. The number of benzene rings is 2. The Bertz CT molecular complexity index is 1220. The van der Waals surface area contributed by atoms with E-state index in [1.165, 1.54) is 6.92 Å². The minimum atomic E-state index is -4.80. The number of aromatic nitrogens is 2. The first-order valence-corrected chi connectivity index (χ1v) is 10.2. The van der Waals surface area contributed by atoms with Gasteiger partial charge in [0.2, 0.25) is 0 Å². The second kappa shape index (κ2) is 8.95. The van der Waals surface area contributed by atoms with Crippen LogP contribution in [-0.2, 0) is 19.3 Å². The number of nitrogens with two attached hydrogens (primary N) is 1. The van der Waals surface area contributed by atoms with Crippen LogP contribution in [0.2, 0.25) is 0 Å². The van der Waals surface area contributed by atoms with E-state index in [1.807, 2.05) is 0 Å². The first-order valence-electron chi connectivity index (χ1n) is 9.17. The molecular formula is C21H18F4IN3O2. The SMILES string of the molecule is Cc1c(I)c(=O)n(C[C@H](N)c2ccccc2)c(=O)n1Cc1c(F)cccc1C(F)(F)F. The lowest BCUT2D eigenvalue weighted by Gasteiger charge is -2.20. The predicted octanol–water partition coefficient (Wildman–Crippen LogP) is 3.83. The molecule has 0 saturated carbocycles. The number of alkyl halides is 3. The summed E-state index contributed by atoms with van der Waals surface area (Å²) in [4.78, 5) is 25.8. The van der Waals surface area contributed by atoms with E-state index < -0.39 is 47.0 Å². The van der Waals surface area contributed by atoms with Crippen LogP contribution in [0.1, 0.15) is 28.4 Å². The van der Waals surface area contributed by atoms with Gasteiger partial charge in [0.15, 0.2) is 0 Å². The molecule has 0 amide bonds. The number of rotatable bonds is 5. The third kappa shape index (κ3) is 4.74. The summed E-state index contributed by atoms with van der Waals surface area (Å²) >= 11 is 1.72. The van der Waals surface area contributed by atoms with Gasteiger partial charge in [0.25, 0.3) is 5.56 Å². The van der Waals surface area contributed by atoms with Gasteiger partial charge >= 0.3 is 11.9 Å². The molecule has 3 aromatic rings. The Morgan fingerprint density at radius 1 is 1.03 bits per heavy atom. The fraction of sp³-hybridized carbons (Fsp3) is 0.238. The molecule has 5 nitrogen and oxygen atoms in total.